The van der Waals surface area contributed by atoms with Crippen molar-refractivity contribution in [3.05, 3.63) is 29.8 Å². The largest absolute Gasteiger partial charge is 0.397 e. The minimum absolute atomic E-state index is 0.622. The third kappa shape index (κ3) is 2.20. The van der Waals surface area contributed by atoms with Gasteiger partial charge in [-0.05, 0) is 17.7 Å². The highest BCUT2D eigenvalue weighted by Gasteiger charge is 1.92. The van der Waals surface area contributed by atoms with E-state index in [0.29, 0.717) is 11.4 Å². The maximum Gasteiger partial charge on any atom is 0.0553 e. The summed E-state index contributed by atoms with van der Waals surface area (Å²) in [6.45, 7) is 0. The molecule has 1 aromatic rings. The van der Waals surface area contributed by atoms with E-state index in [1.165, 1.54) is 0 Å². The summed E-state index contributed by atoms with van der Waals surface area (Å²) in [5, 5.41) is 0. The van der Waals surface area contributed by atoms with E-state index in [4.69, 9.17) is 11.5 Å². The van der Waals surface area contributed by atoms with E-state index in [9.17, 15) is 0 Å². The van der Waals surface area contributed by atoms with Crippen LogP contribution in [0, 0.1) is 0 Å². The summed E-state index contributed by atoms with van der Waals surface area (Å²) in [5.41, 5.74) is 13.5. The molecule has 1 rings (SSSR count). The molecule has 0 heterocycles. The van der Waals surface area contributed by atoms with Gasteiger partial charge in [0, 0.05) is 5.75 Å². The quantitative estimate of drug-likeness (QED) is 0.480. The van der Waals surface area contributed by atoms with Gasteiger partial charge in [0.1, 0.15) is 0 Å². The van der Waals surface area contributed by atoms with Crippen LogP contribution < -0.4 is 11.5 Å². The zero-order valence-corrected chi connectivity index (χ0v) is 7.59. The number of hydrogen-bond acceptors (Lipinski definition) is 3. The van der Waals surface area contributed by atoms with E-state index in [-0.39, 0.29) is 0 Å². The molecule has 0 aliphatic rings. The summed E-state index contributed by atoms with van der Waals surface area (Å²) in [6.07, 6.45) is 3.91. The van der Waals surface area contributed by atoms with Crippen LogP contribution >= 0.6 is 12.6 Å². The molecule has 0 fully saturated rings. The Balaban J connectivity index is 2.89. The molecule has 0 unspecified atom stereocenters. The van der Waals surface area contributed by atoms with E-state index >= 15 is 0 Å². The summed E-state index contributed by atoms with van der Waals surface area (Å²) < 4.78 is 0. The van der Waals surface area contributed by atoms with Gasteiger partial charge in [0.2, 0.25) is 0 Å². The molecule has 0 spiro atoms. The predicted octanol–water partition coefficient (Wildman–Crippen LogP) is 1.79. The number of nitrogens with two attached hydrogens (primary N) is 2. The maximum absolute atomic E-state index is 5.61. The molecule has 0 aromatic heterocycles. The Bertz CT molecular complexity index is 295. The first kappa shape index (κ1) is 9.00. The Hall–Kier alpha value is -1.09. The second kappa shape index (κ2) is 4.07. The van der Waals surface area contributed by atoms with Crippen LogP contribution in [0.15, 0.2) is 24.3 Å². The van der Waals surface area contributed by atoms with Gasteiger partial charge in [0.05, 0.1) is 11.4 Å². The Kier molecular flexibility index (Phi) is 3.05. The Morgan fingerprint density at radius 2 is 2.00 bits per heavy atom. The first-order chi connectivity index (χ1) is 5.74. The lowest BCUT2D eigenvalue weighted by atomic mass is 10.1. The normalized spacial score (nSPS) is 10.8. The van der Waals surface area contributed by atoms with Gasteiger partial charge in [-0.15, -0.1) is 0 Å². The van der Waals surface area contributed by atoms with Crippen LogP contribution in [0.25, 0.3) is 6.08 Å². The van der Waals surface area contributed by atoms with Crippen molar-refractivity contribution in [3.8, 4) is 0 Å². The van der Waals surface area contributed by atoms with E-state index in [1.54, 1.807) is 6.07 Å². The lowest BCUT2D eigenvalue weighted by Gasteiger charge is -1.99. The van der Waals surface area contributed by atoms with Crippen LogP contribution in [0.5, 0.6) is 0 Å². The lowest BCUT2D eigenvalue weighted by molar-refractivity contribution is 1.62. The molecule has 0 bridgehead atoms. The SMILES string of the molecule is Nc1ccc(C=CCS)cc1N. The van der Waals surface area contributed by atoms with Gasteiger partial charge in [-0.3, -0.25) is 0 Å². The molecule has 64 valence electrons. The average molecular weight is 180 g/mol. The zero-order valence-electron chi connectivity index (χ0n) is 6.70. The fraction of sp³-hybridized carbons (Fsp3) is 0.111. The number of benzene rings is 1. The van der Waals surface area contributed by atoms with E-state index in [2.05, 4.69) is 12.6 Å². The van der Waals surface area contributed by atoms with Gasteiger partial charge in [0.15, 0.2) is 0 Å². The van der Waals surface area contributed by atoms with Crippen LogP contribution in [0.3, 0.4) is 0 Å². The molecule has 0 saturated heterocycles. The summed E-state index contributed by atoms with van der Waals surface area (Å²) >= 11 is 4.05. The Labute approximate surface area is 77.7 Å². The average Bonchev–Trinajstić information content (AvgIpc) is 2.07. The molecule has 0 atom stereocenters. The smallest absolute Gasteiger partial charge is 0.0553 e. The van der Waals surface area contributed by atoms with Crippen molar-refractivity contribution in [3.63, 3.8) is 0 Å². The summed E-state index contributed by atoms with van der Waals surface area (Å²) in [5.74, 6) is 0.726. The highest BCUT2D eigenvalue weighted by atomic mass is 32.1. The van der Waals surface area contributed by atoms with Crippen LogP contribution in [-0.4, -0.2) is 5.75 Å². The number of anilines is 2. The molecule has 0 aliphatic heterocycles. The van der Waals surface area contributed by atoms with E-state index in [1.807, 2.05) is 24.3 Å². The molecule has 0 saturated carbocycles. The van der Waals surface area contributed by atoms with Gasteiger partial charge in [-0.25, -0.2) is 0 Å². The first-order valence-corrected chi connectivity index (χ1v) is 4.29. The molecule has 2 nitrogen and oxygen atoms in total. The summed E-state index contributed by atoms with van der Waals surface area (Å²) in [7, 11) is 0. The summed E-state index contributed by atoms with van der Waals surface area (Å²) in [4.78, 5) is 0. The molecular formula is C9H12N2S. The molecule has 12 heavy (non-hydrogen) atoms. The number of rotatable bonds is 2. The van der Waals surface area contributed by atoms with Crippen molar-refractivity contribution < 1.29 is 0 Å². The van der Waals surface area contributed by atoms with Crippen molar-refractivity contribution in [1.29, 1.82) is 0 Å². The molecular weight excluding hydrogens is 168 g/mol. The van der Waals surface area contributed by atoms with Gasteiger partial charge in [-0.2, -0.15) is 12.6 Å². The Morgan fingerprint density at radius 3 is 2.58 bits per heavy atom. The van der Waals surface area contributed by atoms with Crippen LogP contribution in [0.1, 0.15) is 5.56 Å². The molecule has 0 aliphatic carbocycles. The van der Waals surface area contributed by atoms with Gasteiger partial charge in [-0.1, -0.05) is 18.2 Å². The number of thiol groups is 1. The third-order valence-corrected chi connectivity index (χ3v) is 1.74. The van der Waals surface area contributed by atoms with Gasteiger partial charge in [0.25, 0.3) is 0 Å². The zero-order chi connectivity index (χ0) is 8.97. The second-order valence-corrected chi connectivity index (χ2v) is 2.84. The molecule has 1 aromatic carbocycles. The lowest BCUT2D eigenvalue weighted by Crippen LogP contribution is -1.93. The fourth-order valence-electron chi connectivity index (χ4n) is 0.886. The highest BCUT2D eigenvalue weighted by Crippen LogP contribution is 2.16. The topological polar surface area (TPSA) is 52.0 Å². The third-order valence-electron chi connectivity index (χ3n) is 1.53. The molecule has 3 heteroatoms. The number of hydrogen-bond donors (Lipinski definition) is 3. The van der Waals surface area contributed by atoms with Crippen molar-refractivity contribution in [1.82, 2.24) is 0 Å². The highest BCUT2D eigenvalue weighted by molar-refractivity contribution is 7.80. The predicted molar refractivity (Wildman–Crippen MR) is 58.2 cm³/mol. The minimum atomic E-state index is 0.622. The summed E-state index contributed by atoms with van der Waals surface area (Å²) in [6, 6.07) is 5.56. The van der Waals surface area contributed by atoms with Crippen LogP contribution in [0.2, 0.25) is 0 Å². The number of nitrogen functional groups attached to an aromatic ring is 2. The van der Waals surface area contributed by atoms with Crippen molar-refractivity contribution >= 4 is 30.1 Å². The van der Waals surface area contributed by atoms with Crippen molar-refractivity contribution in [2.75, 3.05) is 17.2 Å². The monoisotopic (exact) mass is 180 g/mol. The minimum Gasteiger partial charge on any atom is -0.397 e. The van der Waals surface area contributed by atoms with Crippen LogP contribution in [0.4, 0.5) is 11.4 Å². The Morgan fingerprint density at radius 1 is 1.25 bits per heavy atom. The molecule has 4 N–H and O–H groups in total. The maximum atomic E-state index is 5.61. The van der Waals surface area contributed by atoms with E-state index < -0.39 is 0 Å². The van der Waals surface area contributed by atoms with Crippen molar-refractivity contribution in [2.24, 2.45) is 0 Å². The van der Waals surface area contributed by atoms with Gasteiger partial charge >= 0.3 is 0 Å². The van der Waals surface area contributed by atoms with Crippen LogP contribution in [-0.2, 0) is 0 Å². The van der Waals surface area contributed by atoms with Crippen molar-refractivity contribution in [2.45, 2.75) is 0 Å². The standard InChI is InChI=1S/C9H12N2S/c10-8-4-3-7(2-1-5-12)6-9(8)11/h1-4,6,12H,5,10-11H2. The first-order valence-electron chi connectivity index (χ1n) is 3.66. The molecule has 0 amide bonds. The molecule has 0 radical (unpaired) electrons. The second-order valence-electron chi connectivity index (χ2n) is 2.47. The fourth-order valence-corrected chi connectivity index (χ4v) is 0.991. The van der Waals surface area contributed by atoms with E-state index in [0.717, 1.165) is 11.3 Å². The van der Waals surface area contributed by atoms with Gasteiger partial charge < -0.3 is 11.5 Å².